The molecular formula is C9H11N5O2S. The van der Waals surface area contributed by atoms with E-state index in [0.717, 1.165) is 10.7 Å². The van der Waals surface area contributed by atoms with Crippen LogP contribution in [0.4, 0.5) is 5.95 Å². The molecule has 2 aromatic heterocycles. The molecule has 2 heterocycles. The lowest BCUT2D eigenvalue weighted by molar-refractivity contribution is -0.394. The highest BCUT2D eigenvalue weighted by molar-refractivity contribution is 7.09. The maximum Gasteiger partial charge on any atom is 0.490 e. The number of rotatable bonds is 4. The number of hydrogen-bond acceptors (Lipinski definition) is 6. The minimum absolute atomic E-state index is 0.385. The third-order valence-corrected chi connectivity index (χ3v) is 3.27. The molecule has 17 heavy (non-hydrogen) atoms. The second-order valence-corrected chi connectivity index (χ2v) is 4.72. The van der Waals surface area contributed by atoms with Crippen molar-refractivity contribution in [3.63, 3.8) is 0 Å². The van der Waals surface area contributed by atoms with Gasteiger partial charge in [0.25, 0.3) is 0 Å². The first-order valence-electron chi connectivity index (χ1n) is 5.04. The lowest BCUT2D eigenvalue weighted by Crippen LogP contribution is -2.02. The molecule has 0 aromatic carbocycles. The molecule has 0 spiro atoms. The molecule has 8 heteroatoms. The largest absolute Gasteiger partial charge is 0.490 e. The Morgan fingerprint density at radius 1 is 1.59 bits per heavy atom. The van der Waals surface area contributed by atoms with Crippen molar-refractivity contribution in [2.75, 3.05) is 0 Å². The summed E-state index contributed by atoms with van der Waals surface area (Å²) in [6, 6.07) is 0. The topological polar surface area (TPSA) is 86.7 Å². The fraction of sp³-hybridized carbons (Fsp3) is 0.444. The molecule has 0 saturated heterocycles. The molecule has 0 saturated carbocycles. The monoisotopic (exact) mass is 253 g/mol. The van der Waals surface area contributed by atoms with Gasteiger partial charge >= 0.3 is 5.95 Å². The van der Waals surface area contributed by atoms with E-state index in [4.69, 9.17) is 0 Å². The van der Waals surface area contributed by atoms with Gasteiger partial charge in [-0.3, -0.25) is 0 Å². The Morgan fingerprint density at radius 2 is 2.35 bits per heavy atom. The fourth-order valence-electron chi connectivity index (χ4n) is 1.27. The van der Waals surface area contributed by atoms with Crippen molar-refractivity contribution in [3.8, 4) is 0 Å². The van der Waals surface area contributed by atoms with Crippen molar-refractivity contribution < 1.29 is 4.92 Å². The summed E-state index contributed by atoms with van der Waals surface area (Å²) in [7, 11) is 0. The van der Waals surface area contributed by atoms with Crippen molar-refractivity contribution in [3.05, 3.63) is 32.5 Å². The SMILES string of the molecule is CC(C)c1nc(Cn2cnc([N+](=O)[O-])n2)cs1. The highest BCUT2D eigenvalue weighted by Gasteiger charge is 2.14. The van der Waals surface area contributed by atoms with Gasteiger partial charge in [0.05, 0.1) is 10.7 Å². The smallest absolute Gasteiger partial charge is 0.390 e. The molecule has 0 amide bonds. The molecule has 7 nitrogen and oxygen atoms in total. The molecule has 0 aliphatic rings. The zero-order valence-corrected chi connectivity index (χ0v) is 10.2. The minimum atomic E-state index is -0.614. The Kier molecular flexibility index (Phi) is 3.14. The van der Waals surface area contributed by atoms with Crippen LogP contribution in [0.2, 0.25) is 0 Å². The van der Waals surface area contributed by atoms with Crippen LogP contribution >= 0.6 is 11.3 Å². The van der Waals surface area contributed by atoms with Gasteiger partial charge in [-0.1, -0.05) is 18.8 Å². The molecule has 0 unspecified atom stereocenters. The second-order valence-electron chi connectivity index (χ2n) is 3.83. The van der Waals surface area contributed by atoms with Crippen molar-refractivity contribution in [2.24, 2.45) is 0 Å². The van der Waals surface area contributed by atoms with Gasteiger partial charge in [-0.25, -0.2) is 4.98 Å². The normalized spacial score (nSPS) is 11.0. The van der Waals surface area contributed by atoms with E-state index < -0.39 is 4.92 Å². The summed E-state index contributed by atoms with van der Waals surface area (Å²) in [6.07, 6.45) is 1.34. The Labute approximate surface area is 101 Å². The molecule has 0 fully saturated rings. The maximum absolute atomic E-state index is 10.4. The minimum Gasteiger partial charge on any atom is -0.390 e. The predicted octanol–water partition coefficient (Wildman–Crippen LogP) is 1.81. The van der Waals surface area contributed by atoms with E-state index in [1.165, 1.54) is 11.0 Å². The van der Waals surface area contributed by atoms with Crippen molar-refractivity contribution in [1.82, 2.24) is 19.7 Å². The van der Waals surface area contributed by atoms with E-state index >= 15 is 0 Å². The zero-order valence-electron chi connectivity index (χ0n) is 9.40. The summed E-state index contributed by atoms with van der Waals surface area (Å²) >= 11 is 1.58. The molecule has 0 radical (unpaired) electrons. The van der Waals surface area contributed by atoms with E-state index in [1.807, 2.05) is 5.38 Å². The molecule has 0 aliphatic carbocycles. The third kappa shape index (κ3) is 2.64. The Morgan fingerprint density at radius 3 is 2.88 bits per heavy atom. The highest BCUT2D eigenvalue weighted by atomic mass is 32.1. The average Bonchev–Trinajstić information content (AvgIpc) is 2.87. The standard InChI is InChI=1S/C9H11N5O2S/c1-6(2)8-11-7(4-17-8)3-13-5-10-9(12-13)14(15)16/h4-6H,3H2,1-2H3. The number of nitrogens with zero attached hydrogens (tertiary/aromatic N) is 5. The van der Waals surface area contributed by atoms with Gasteiger partial charge < -0.3 is 10.1 Å². The van der Waals surface area contributed by atoms with Crippen LogP contribution in [-0.2, 0) is 6.54 Å². The number of hydrogen-bond donors (Lipinski definition) is 0. The van der Waals surface area contributed by atoms with Gasteiger partial charge in [0.15, 0.2) is 0 Å². The lowest BCUT2D eigenvalue weighted by atomic mass is 10.2. The van der Waals surface area contributed by atoms with Crippen LogP contribution in [0, 0.1) is 10.1 Å². The summed E-state index contributed by atoms with van der Waals surface area (Å²) < 4.78 is 1.41. The quantitative estimate of drug-likeness (QED) is 0.612. The molecule has 2 rings (SSSR count). The second kappa shape index (κ2) is 4.58. The number of nitro groups is 1. The molecule has 0 N–H and O–H groups in total. The van der Waals surface area contributed by atoms with Crippen LogP contribution in [-0.4, -0.2) is 24.7 Å². The summed E-state index contributed by atoms with van der Waals surface area (Å²) in [5.74, 6) is 0.00291. The average molecular weight is 253 g/mol. The first-order valence-corrected chi connectivity index (χ1v) is 5.92. The van der Waals surface area contributed by atoms with Crippen LogP contribution in [0.1, 0.15) is 30.5 Å². The van der Waals surface area contributed by atoms with Crippen molar-refractivity contribution in [1.29, 1.82) is 0 Å². The lowest BCUT2D eigenvalue weighted by Gasteiger charge is -1.96. The van der Waals surface area contributed by atoms with Crippen LogP contribution in [0.5, 0.6) is 0 Å². The van der Waals surface area contributed by atoms with E-state index in [0.29, 0.717) is 12.5 Å². The van der Waals surface area contributed by atoms with Gasteiger partial charge in [-0.05, 0) is 4.92 Å². The molecule has 0 aliphatic heterocycles. The van der Waals surface area contributed by atoms with Crippen LogP contribution in [0.15, 0.2) is 11.7 Å². The summed E-state index contributed by atoms with van der Waals surface area (Å²) in [4.78, 5) is 17.8. The summed E-state index contributed by atoms with van der Waals surface area (Å²) in [5.41, 5.74) is 0.846. The molecular weight excluding hydrogens is 242 g/mol. The first kappa shape index (κ1) is 11.6. The van der Waals surface area contributed by atoms with Gasteiger partial charge in [-0.2, -0.15) is 4.68 Å². The fourth-order valence-corrected chi connectivity index (χ4v) is 2.10. The van der Waals surface area contributed by atoms with Gasteiger partial charge in [-0.15, -0.1) is 11.3 Å². The Balaban J connectivity index is 2.11. The zero-order chi connectivity index (χ0) is 12.4. The van der Waals surface area contributed by atoms with Crippen molar-refractivity contribution in [2.45, 2.75) is 26.3 Å². The number of thiazole rings is 1. The molecule has 0 bridgehead atoms. The van der Waals surface area contributed by atoms with Gasteiger partial charge in [0, 0.05) is 16.4 Å². The van der Waals surface area contributed by atoms with Crippen LogP contribution in [0.25, 0.3) is 0 Å². The van der Waals surface area contributed by atoms with Crippen LogP contribution in [0.3, 0.4) is 0 Å². The maximum atomic E-state index is 10.4. The summed E-state index contributed by atoms with van der Waals surface area (Å²) in [6.45, 7) is 4.55. The van der Waals surface area contributed by atoms with Gasteiger partial charge in [0.1, 0.15) is 6.54 Å². The van der Waals surface area contributed by atoms with E-state index in [2.05, 4.69) is 28.9 Å². The number of aromatic nitrogens is 4. The van der Waals surface area contributed by atoms with E-state index in [9.17, 15) is 10.1 Å². The molecule has 90 valence electrons. The van der Waals surface area contributed by atoms with Crippen LogP contribution < -0.4 is 0 Å². The van der Waals surface area contributed by atoms with E-state index in [-0.39, 0.29) is 5.95 Å². The van der Waals surface area contributed by atoms with Gasteiger partial charge in [0.2, 0.25) is 6.33 Å². The Bertz CT molecular complexity index is 533. The summed E-state index contributed by atoms with van der Waals surface area (Å²) in [5, 5.41) is 17.1. The van der Waals surface area contributed by atoms with E-state index in [1.54, 1.807) is 11.3 Å². The highest BCUT2D eigenvalue weighted by Crippen LogP contribution is 2.19. The molecule has 0 atom stereocenters. The Hall–Kier alpha value is -1.83. The third-order valence-electron chi connectivity index (χ3n) is 2.08. The predicted molar refractivity (Wildman–Crippen MR) is 62.0 cm³/mol. The molecule has 2 aromatic rings. The van der Waals surface area contributed by atoms with Crippen molar-refractivity contribution >= 4 is 17.3 Å². The first-order chi connectivity index (χ1) is 8.06.